The van der Waals surface area contributed by atoms with Crippen molar-refractivity contribution in [2.75, 3.05) is 31.6 Å². The first-order valence-electron chi connectivity index (χ1n) is 10.0. The molecule has 3 N–H and O–H groups in total. The third-order valence-electron chi connectivity index (χ3n) is 5.49. The minimum Gasteiger partial charge on any atom is -0.358 e. The number of aliphatic imine (C=N–C) groups is 1. The number of H-pyrrole nitrogens is 1. The first-order valence-corrected chi connectivity index (χ1v) is 10.4. The smallest absolute Gasteiger partial charge is 0.191 e. The average molecular weight is 539 g/mol. The van der Waals surface area contributed by atoms with E-state index in [4.69, 9.17) is 11.6 Å². The van der Waals surface area contributed by atoms with E-state index in [9.17, 15) is 0 Å². The maximum atomic E-state index is 6.29. The molecule has 1 aromatic carbocycles. The maximum absolute atomic E-state index is 6.29. The Labute approximate surface area is 199 Å². The third-order valence-corrected chi connectivity index (χ3v) is 5.78. The van der Waals surface area contributed by atoms with E-state index in [1.54, 1.807) is 6.20 Å². The molecule has 3 heterocycles. The summed E-state index contributed by atoms with van der Waals surface area (Å²) in [5.41, 5.74) is 3.79. The number of nitrogens with zero attached hydrogens (tertiary/aromatic N) is 3. The number of aryl methyl sites for hydroxylation is 1. The van der Waals surface area contributed by atoms with Crippen molar-refractivity contribution < 1.29 is 0 Å². The quantitative estimate of drug-likeness (QED) is 0.260. The highest BCUT2D eigenvalue weighted by Gasteiger charge is 2.25. The van der Waals surface area contributed by atoms with Crippen LogP contribution < -0.4 is 15.5 Å². The number of benzene rings is 1. The number of aromatic nitrogens is 2. The zero-order chi connectivity index (χ0) is 20.2. The molecule has 0 spiro atoms. The summed E-state index contributed by atoms with van der Waals surface area (Å²) in [7, 11) is 1.81. The number of fused-ring (bicyclic) bond motifs is 1. The first-order chi connectivity index (χ1) is 14.2. The van der Waals surface area contributed by atoms with Gasteiger partial charge in [0.2, 0.25) is 0 Å². The number of pyridine rings is 1. The van der Waals surface area contributed by atoms with Crippen LogP contribution in [0.2, 0.25) is 5.02 Å². The van der Waals surface area contributed by atoms with Crippen molar-refractivity contribution in [1.29, 1.82) is 0 Å². The van der Waals surface area contributed by atoms with Gasteiger partial charge in [-0.1, -0.05) is 29.8 Å². The van der Waals surface area contributed by atoms with E-state index in [2.05, 4.69) is 61.7 Å². The predicted molar refractivity (Wildman–Crippen MR) is 137 cm³/mol. The van der Waals surface area contributed by atoms with E-state index in [1.807, 2.05) is 19.2 Å². The summed E-state index contributed by atoms with van der Waals surface area (Å²) < 4.78 is 0. The fraction of sp³-hybridized carbons (Fsp3) is 0.364. The standard InChI is InChI=1S/C22H27ClN6.HI/c1-15-17(18-6-3-4-8-20(18)27-15)9-12-26-22(24-2)28-16-10-13-29(14-16)21-19(23)7-5-11-25-21;/h3-8,11,16,27H,9-10,12-14H2,1-2H3,(H2,24,26,28);1H. The normalized spacial score (nSPS) is 16.6. The molecule has 1 fully saturated rings. The fourth-order valence-electron chi connectivity index (χ4n) is 4.03. The van der Waals surface area contributed by atoms with Crippen molar-refractivity contribution in [2.45, 2.75) is 25.8 Å². The van der Waals surface area contributed by atoms with E-state index < -0.39 is 0 Å². The summed E-state index contributed by atoms with van der Waals surface area (Å²) >= 11 is 6.29. The van der Waals surface area contributed by atoms with Crippen LogP contribution in [0.4, 0.5) is 5.82 Å². The van der Waals surface area contributed by atoms with E-state index in [1.165, 1.54) is 22.2 Å². The molecule has 0 saturated carbocycles. The SMILES string of the molecule is CN=C(NCCc1c(C)[nH]c2ccccc12)NC1CCN(c2ncccc2Cl)C1.I. The Bertz CT molecular complexity index is 1020. The Morgan fingerprint density at radius 2 is 2.13 bits per heavy atom. The van der Waals surface area contributed by atoms with Crippen molar-refractivity contribution in [2.24, 2.45) is 4.99 Å². The maximum Gasteiger partial charge on any atom is 0.191 e. The Kier molecular flexibility index (Phi) is 7.82. The van der Waals surface area contributed by atoms with Crippen LogP contribution in [0, 0.1) is 6.92 Å². The molecule has 3 aromatic rings. The Balaban J connectivity index is 0.00000256. The minimum atomic E-state index is 0. The van der Waals surface area contributed by atoms with Crippen LogP contribution in [0.15, 0.2) is 47.6 Å². The summed E-state index contributed by atoms with van der Waals surface area (Å²) in [5, 5.41) is 8.99. The van der Waals surface area contributed by atoms with Crippen LogP contribution in [0.25, 0.3) is 10.9 Å². The molecule has 4 rings (SSSR count). The second kappa shape index (κ2) is 10.3. The molecule has 0 aliphatic carbocycles. The molecule has 1 unspecified atom stereocenters. The van der Waals surface area contributed by atoms with Gasteiger partial charge >= 0.3 is 0 Å². The molecule has 6 nitrogen and oxygen atoms in total. The van der Waals surface area contributed by atoms with E-state index in [0.29, 0.717) is 11.1 Å². The average Bonchev–Trinajstić information content (AvgIpc) is 3.31. The number of guanidine groups is 1. The van der Waals surface area contributed by atoms with Crippen molar-refractivity contribution >= 4 is 58.3 Å². The lowest BCUT2D eigenvalue weighted by Crippen LogP contribution is -2.45. The Morgan fingerprint density at radius 3 is 2.93 bits per heavy atom. The van der Waals surface area contributed by atoms with Crippen molar-refractivity contribution in [3.63, 3.8) is 0 Å². The first kappa shape index (κ1) is 22.7. The summed E-state index contributed by atoms with van der Waals surface area (Å²) in [6, 6.07) is 12.5. The summed E-state index contributed by atoms with van der Waals surface area (Å²) in [6.07, 6.45) is 3.75. The van der Waals surface area contributed by atoms with Gasteiger partial charge in [-0.15, -0.1) is 24.0 Å². The van der Waals surface area contributed by atoms with Gasteiger partial charge in [0.05, 0.1) is 5.02 Å². The van der Waals surface area contributed by atoms with Gasteiger partial charge in [-0.25, -0.2) is 4.98 Å². The number of hydrogen-bond donors (Lipinski definition) is 3. The molecule has 1 atom stereocenters. The number of halogens is 2. The van der Waals surface area contributed by atoms with E-state index in [0.717, 1.165) is 44.3 Å². The van der Waals surface area contributed by atoms with Crippen LogP contribution in [0.3, 0.4) is 0 Å². The largest absolute Gasteiger partial charge is 0.358 e. The number of aromatic amines is 1. The van der Waals surface area contributed by atoms with Gasteiger partial charge < -0.3 is 20.5 Å². The van der Waals surface area contributed by atoms with Crippen LogP contribution in [0.1, 0.15) is 17.7 Å². The highest BCUT2D eigenvalue weighted by Crippen LogP contribution is 2.26. The predicted octanol–water partition coefficient (Wildman–Crippen LogP) is 4.13. The summed E-state index contributed by atoms with van der Waals surface area (Å²) in [6.45, 7) is 4.75. The lowest BCUT2D eigenvalue weighted by Gasteiger charge is -2.20. The van der Waals surface area contributed by atoms with Crippen LogP contribution >= 0.6 is 35.6 Å². The molecule has 160 valence electrons. The second-order valence-corrected chi connectivity index (χ2v) is 7.82. The summed E-state index contributed by atoms with van der Waals surface area (Å²) in [5.74, 6) is 1.69. The molecule has 30 heavy (non-hydrogen) atoms. The molecule has 0 amide bonds. The molecule has 1 saturated heterocycles. The molecular weight excluding hydrogens is 511 g/mol. The zero-order valence-corrected chi connectivity index (χ0v) is 20.4. The highest BCUT2D eigenvalue weighted by molar-refractivity contribution is 14.0. The molecule has 1 aliphatic rings. The summed E-state index contributed by atoms with van der Waals surface area (Å²) in [4.78, 5) is 14.5. The zero-order valence-electron chi connectivity index (χ0n) is 17.3. The number of rotatable bonds is 5. The number of hydrogen-bond acceptors (Lipinski definition) is 3. The number of anilines is 1. The Morgan fingerprint density at radius 1 is 1.30 bits per heavy atom. The monoisotopic (exact) mass is 538 g/mol. The van der Waals surface area contributed by atoms with Gasteiger partial charge in [-0.2, -0.15) is 0 Å². The minimum absolute atomic E-state index is 0. The van der Waals surface area contributed by atoms with E-state index in [-0.39, 0.29) is 24.0 Å². The molecular formula is C22H28ClIN6. The van der Waals surface area contributed by atoms with Gasteiger partial charge in [0, 0.05) is 55.5 Å². The molecule has 0 bridgehead atoms. The van der Waals surface area contributed by atoms with Crippen molar-refractivity contribution in [1.82, 2.24) is 20.6 Å². The van der Waals surface area contributed by atoms with Gasteiger partial charge in [0.25, 0.3) is 0 Å². The van der Waals surface area contributed by atoms with Gasteiger partial charge in [-0.05, 0) is 43.5 Å². The molecule has 2 aromatic heterocycles. The number of nitrogens with one attached hydrogen (secondary N) is 3. The second-order valence-electron chi connectivity index (χ2n) is 7.41. The van der Waals surface area contributed by atoms with Crippen LogP contribution in [-0.4, -0.2) is 48.7 Å². The number of para-hydroxylation sites is 1. The van der Waals surface area contributed by atoms with Crippen LogP contribution in [0.5, 0.6) is 0 Å². The fourth-order valence-corrected chi connectivity index (χ4v) is 4.27. The molecule has 8 heteroatoms. The van der Waals surface area contributed by atoms with Crippen LogP contribution in [-0.2, 0) is 6.42 Å². The highest BCUT2D eigenvalue weighted by atomic mass is 127. The van der Waals surface area contributed by atoms with E-state index >= 15 is 0 Å². The third kappa shape index (κ3) is 5.00. The van der Waals surface area contributed by atoms with Crippen molar-refractivity contribution in [3.8, 4) is 0 Å². The van der Waals surface area contributed by atoms with Gasteiger partial charge in [0.1, 0.15) is 5.82 Å². The molecule has 1 aliphatic heterocycles. The van der Waals surface area contributed by atoms with Gasteiger partial charge in [-0.3, -0.25) is 4.99 Å². The Hall–Kier alpha value is -2.00. The van der Waals surface area contributed by atoms with Gasteiger partial charge in [0.15, 0.2) is 5.96 Å². The molecule has 0 radical (unpaired) electrons. The topological polar surface area (TPSA) is 68.3 Å². The lowest BCUT2D eigenvalue weighted by molar-refractivity contribution is 0.648. The van der Waals surface area contributed by atoms with Crippen molar-refractivity contribution in [3.05, 3.63) is 58.9 Å². The lowest BCUT2D eigenvalue weighted by atomic mass is 10.1.